The zero-order chi connectivity index (χ0) is 15.9. The predicted octanol–water partition coefficient (Wildman–Crippen LogP) is 2.82. The van der Waals surface area contributed by atoms with E-state index < -0.39 is 0 Å². The fourth-order valence-corrected chi connectivity index (χ4v) is 2.07. The Labute approximate surface area is 130 Å². The summed E-state index contributed by atoms with van der Waals surface area (Å²) in [4.78, 5) is 22.3. The normalized spacial score (nSPS) is 11.6. The first kappa shape index (κ1) is 15.8. The van der Waals surface area contributed by atoms with Gasteiger partial charge in [0, 0.05) is 26.5 Å². The number of nitrogens with zero attached hydrogens (tertiary/aromatic N) is 3. The number of anilines is 2. The molecule has 2 aromatic heterocycles. The molecule has 2 N–H and O–H groups in total. The van der Waals surface area contributed by atoms with Crippen molar-refractivity contribution in [3.8, 4) is 0 Å². The van der Waals surface area contributed by atoms with Crippen molar-refractivity contribution in [3.05, 3.63) is 48.4 Å². The molecule has 2 aromatic rings. The number of urea groups is 1. The van der Waals surface area contributed by atoms with E-state index in [1.54, 1.807) is 18.6 Å². The van der Waals surface area contributed by atoms with Crippen LogP contribution in [-0.4, -0.2) is 30.1 Å². The second-order valence-electron chi connectivity index (χ2n) is 5.14. The van der Waals surface area contributed by atoms with Gasteiger partial charge in [-0.1, -0.05) is 6.92 Å². The fraction of sp³-hybridized carbons (Fsp3) is 0.312. The smallest absolute Gasteiger partial charge is 0.319 e. The van der Waals surface area contributed by atoms with Crippen molar-refractivity contribution >= 4 is 17.5 Å². The van der Waals surface area contributed by atoms with Gasteiger partial charge < -0.3 is 15.5 Å². The van der Waals surface area contributed by atoms with E-state index in [0.717, 1.165) is 17.8 Å². The lowest BCUT2D eigenvalue weighted by molar-refractivity contribution is 0.248. The number of rotatable bonds is 5. The Kier molecular flexibility index (Phi) is 5.30. The lowest BCUT2D eigenvalue weighted by atomic mass is 10.1. The summed E-state index contributed by atoms with van der Waals surface area (Å²) in [6.45, 7) is 2.03. The fourth-order valence-electron chi connectivity index (χ4n) is 2.07. The average molecular weight is 299 g/mol. The zero-order valence-electron chi connectivity index (χ0n) is 13.1. The van der Waals surface area contributed by atoms with E-state index in [2.05, 4.69) is 20.6 Å². The molecule has 1 atom stereocenters. The topological polar surface area (TPSA) is 70.2 Å². The highest BCUT2D eigenvalue weighted by molar-refractivity contribution is 5.89. The van der Waals surface area contributed by atoms with Crippen LogP contribution in [0.3, 0.4) is 0 Å². The molecular formula is C16H21N5O. The molecule has 2 heterocycles. The third-order valence-corrected chi connectivity index (χ3v) is 3.29. The minimum atomic E-state index is -0.247. The maximum absolute atomic E-state index is 12.1. The number of amides is 2. The minimum Gasteiger partial charge on any atom is -0.363 e. The summed E-state index contributed by atoms with van der Waals surface area (Å²) in [6, 6.07) is 7.20. The van der Waals surface area contributed by atoms with Gasteiger partial charge in [-0.15, -0.1) is 0 Å². The molecule has 0 aliphatic rings. The van der Waals surface area contributed by atoms with Crippen LogP contribution in [0.4, 0.5) is 16.3 Å². The van der Waals surface area contributed by atoms with Crippen molar-refractivity contribution in [2.24, 2.45) is 0 Å². The van der Waals surface area contributed by atoms with E-state index in [4.69, 9.17) is 0 Å². The van der Waals surface area contributed by atoms with Gasteiger partial charge in [-0.05, 0) is 36.2 Å². The first-order valence-corrected chi connectivity index (χ1v) is 7.21. The van der Waals surface area contributed by atoms with Crippen LogP contribution in [-0.2, 0) is 0 Å². The quantitative estimate of drug-likeness (QED) is 0.890. The van der Waals surface area contributed by atoms with Crippen LogP contribution < -0.4 is 15.5 Å². The van der Waals surface area contributed by atoms with Crippen molar-refractivity contribution in [1.82, 2.24) is 15.3 Å². The van der Waals surface area contributed by atoms with Crippen molar-refractivity contribution in [2.75, 3.05) is 24.3 Å². The molecule has 0 unspecified atom stereocenters. The summed E-state index contributed by atoms with van der Waals surface area (Å²) in [5.41, 5.74) is 1.70. The van der Waals surface area contributed by atoms with Crippen molar-refractivity contribution in [3.63, 3.8) is 0 Å². The van der Waals surface area contributed by atoms with Gasteiger partial charge in [-0.3, -0.25) is 4.98 Å². The Morgan fingerprint density at radius 1 is 1.23 bits per heavy atom. The first-order chi connectivity index (χ1) is 10.6. The average Bonchev–Trinajstić information content (AvgIpc) is 2.54. The molecule has 0 saturated carbocycles. The summed E-state index contributed by atoms with van der Waals surface area (Å²) in [7, 11) is 3.84. The molecule has 2 amide bonds. The van der Waals surface area contributed by atoms with Crippen LogP contribution in [0.25, 0.3) is 0 Å². The molecule has 0 aliphatic carbocycles. The van der Waals surface area contributed by atoms with Crippen LogP contribution in [0.2, 0.25) is 0 Å². The van der Waals surface area contributed by atoms with Crippen LogP contribution in [0.15, 0.2) is 42.9 Å². The standard InChI is InChI=1S/C16H21N5O/c1-4-14(12-7-9-17-10-8-12)20-16(22)19-13-5-6-15(18-11-13)21(2)3/h5-11,14H,4H2,1-3H3,(H2,19,20,22)/t14-/m0/s1. The molecule has 0 spiro atoms. The minimum absolute atomic E-state index is 0.0444. The van der Waals surface area contributed by atoms with E-state index in [1.807, 2.05) is 50.2 Å². The summed E-state index contributed by atoms with van der Waals surface area (Å²) in [6.07, 6.45) is 5.89. The van der Waals surface area contributed by atoms with Crippen molar-refractivity contribution < 1.29 is 4.79 Å². The third-order valence-electron chi connectivity index (χ3n) is 3.29. The van der Waals surface area contributed by atoms with Gasteiger partial charge in [-0.25, -0.2) is 9.78 Å². The maximum Gasteiger partial charge on any atom is 0.319 e. The highest BCUT2D eigenvalue weighted by Crippen LogP contribution is 2.16. The number of carbonyl (C=O) groups is 1. The second-order valence-corrected chi connectivity index (χ2v) is 5.14. The number of pyridine rings is 2. The van der Waals surface area contributed by atoms with E-state index in [-0.39, 0.29) is 12.1 Å². The molecule has 2 rings (SSSR count). The zero-order valence-corrected chi connectivity index (χ0v) is 13.1. The van der Waals surface area contributed by atoms with Gasteiger partial charge in [0.2, 0.25) is 0 Å². The molecule has 0 saturated heterocycles. The number of hydrogen-bond acceptors (Lipinski definition) is 4. The Balaban J connectivity index is 1.97. The maximum atomic E-state index is 12.1. The summed E-state index contributed by atoms with van der Waals surface area (Å²) >= 11 is 0. The molecule has 116 valence electrons. The van der Waals surface area contributed by atoms with Crippen molar-refractivity contribution in [2.45, 2.75) is 19.4 Å². The third kappa shape index (κ3) is 4.18. The van der Waals surface area contributed by atoms with Crippen LogP contribution in [0.1, 0.15) is 24.9 Å². The second kappa shape index (κ2) is 7.40. The highest BCUT2D eigenvalue weighted by Gasteiger charge is 2.12. The first-order valence-electron chi connectivity index (χ1n) is 7.21. The summed E-state index contributed by atoms with van der Waals surface area (Å²) in [5.74, 6) is 0.842. The Morgan fingerprint density at radius 2 is 1.95 bits per heavy atom. The van der Waals surface area contributed by atoms with Gasteiger partial charge in [0.15, 0.2) is 0 Å². The number of carbonyl (C=O) groups excluding carboxylic acids is 1. The summed E-state index contributed by atoms with van der Waals surface area (Å²) < 4.78 is 0. The summed E-state index contributed by atoms with van der Waals surface area (Å²) in [5, 5.41) is 5.75. The Morgan fingerprint density at radius 3 is 2.50 bits per heavy atom. The number of hydrogen-bond donors (Lipinski definition) is 2. The van der Waals surface area contributed by atoms with Gasteiger partial charge in [0.25, 0.3) is 0 Å². The lowest BCUT2D eigenvalue weighted by Crippen LogP contribution is -2.32. The van der Waals surface area contributed by atoms with E-state index in [0.29, 0.717) is 5.69 Å². The van der Waals surface area contributed by atoms with Gasteiger partial charge >= 0.3 is 6.03 Å². The molecule has 0 aliphatic heterocycles. The largest absolute Gasteiger partial charge is 0.363 e. The Bertz CT molecular complexity index is 598. The van der Waals surface area contributed by atoms with E-state index in [1.165, 1.54) is 0 Å². The lowest BCUT2D eigenvalue weighted by Gasteiger charge is -2.18. The molecule has 6 nitrogen and oxygen atoms in total. The molecule has 6 heteroatoms. The highest BCUT2D eigenvalue weighted by atomic mass is 16.2. The molecule has 0 aromatic carbocycles. The number of nitrogens with one attached hydrogen (secondary N) is 2. The van der Waals surface area contributed by atoms with Gasteiger partial charge in [-0.2, -0.15) is 0 Å². The van der Waals surface area contributed by atoms with Gasteiger partial charge in [0.1, 0.15) is 5.82 Å². The molecular weight excluding hydrogens is 278 g/mol. The van der Waals surface area contributed by atoms with Crippen LogP contribution in [0, 0.1) is 0 Å². The molecule has 0 radical (unpaired) electrons. The molecule has 0 fully saturated rings. The predicted molar refractivity (Wildman–Crippen MR) is 88.0 cm³/mol. The van der Waals surface area contributed by atoms with E-state index >= 15 is 0 Å². The molecule has 22 heavy (non-hydrogen) atoms. The Hall–Kier alpha value is -2.63. The van der Waals surface area contributed by atoms with Crippen molar-refractivity contribution in [1.29, 1.82) is 0 Å². The van der Waals surface area contributed by atoms with Crippen LogP contribution in [0.5, 0.6) is 0 Å². The molecule has 0 bridgehead atoms. The SMILES string of the molecule is CC[C@H](NC(=O)Nc1ccc(N(C)C)nc1)c1ccncc1. The monoisotopic (exact) mass is 299 g/mol. The number of aromatic nitrogens is 2. The van der Waals surface area contributed by atoms with Gasteiger partial charge in [0.05, 0.1) is 17.9 Å². The van der Waals surface area contributed by atoms with E-state index in [9.17, 15) is 4.79 Å². The van der Waals surface area contributed by atoms with Crippen LogP contribution >= 0.6 is 0 Å².